The quantitative estimate of drug-likeness (QED) is 0.863. The number of fused-ring (bicyclic) bond motifs is 1. The molecule has 4 nitrogen and oxygen atoms in total. The first kappa shape index (κ1) is 12.2. The number of nitrogens with zero attached hydrogens (tertiary/aromatic N) is 3. The highest BCUT2D eigenvalue weighted by Crippen LogP contribution is 2.60. The van der Waals surface area contributed by atoms with Gasteiger partial charge in [-0.15, -0.1) is 0 Å². The molecule has 1 aromatic rings. The maximum absolute atomic E-state index is 4.42. The molecule has 1 heterocycles. The van der Waals surface area contributed by atoms with Crippen LogP contribution in [0.2, 0.25) is 0 Å². The third-order valence-corrected chi connectivity index (χ3v) is 4.68. The fraction of sp³-hybridized carbons (Fsp3) is 0.857. The molecule has 2 unspecified atom stereocenters. The summed E-state index contributed by atoms with van der Waals surface area (Å²) in [7, 11) is 2.00. The Hall–Kier alpha value is -0.900. The molecule has 2 atom stereocenters. The summed E-state index contributed by atoms with van der Waals surface area (Å²) in [4.78, 5) is 4.42. The molecule has 0 amide bonds. The smallest absolute Gasteiger partial charge is 0.138 e. The molecular weight excluding hydrogens is 224 g/mol. The normalized spacial score (nSPS) is 34.0. The number of hydrogen-bond acceptors (Lipinski definition) is 3. The summed E-state index contributed by atoms with van der Waals surface area (Å²) in [5, 5.41) is 7.84. The highest BCUT2D eigenvalue weighted by Gasteiger charge is 2.53. The van der Waals surface area contributed by atoms with Crippen molar-refractivity contribution in [2.24, 2.45) is 24.3 Å². The van der Waals surface area contributed by atoms with E-state index in [0.29, 0.717) is 11.5 Å². The van der Waals surface area contributed by atoms with E-state index in [4.69, 9.17) is 0 Å². The molecular formula is C14H24N4. The van der Waals surface area contributed by atoms with Crippen molar-refractivity contribution >= 4 is 0 Å². The Labute approximate surface area is 109 Å². The molecule has 3 rings (SSSR count). The summed E-state index contributed by atoms with van der Waals surface area (Å²) in [6.07, 6.45) is 6.99. The van der Waals surface area contributed by atoms with Gasteiger partial charge in [0, 0.05) is 26.1 Å². The Morgan fingerprint density at radius 1 is 1.44 bits per heavy atom. The fourth-order valence-electron chi connectivity index (χ4n) is 3.59. The number of aryl methyl sites for hydroxylation is 1. The van der Waals surface area contributed by atoms with Gasteiger partial charge in [-0.05, 0) is 36.5 Å². The van der Waals surface area contributed by atoms with Crippen molar-refractivity contribution < 1.29 is 0 Å². The van der Waals surface area contributed by atoms with E-state index in [2.05, 4.69) is 29.2 Å². The van der Waals surface area contributed by atoms with Gasteiger partial charge in [0.1, 0.15) is 12.2 Å². The molecule has 4 heteroatoms. The zero-order valence-corrected chi connectivity index (χ0v) is 11.7. The molecule has 2 fully saturated rings. The highest BCUT2D eigenvalue weighted by molar-refractivity contribution is 5.07. The molecule has 2 aliphatic carbocycles. The molecule has 2 saturated carbocycles. The molecule has 0 radical (unpaired) electrons. The third kappa shape index (κ3) is 2.30. The SMILES string of the molecule is CC(C)NCC1(Cc2ncnn2C)CC2CC2C1. The van der Waals surface area contributed by atoms with Crippen LogP contribution in [0.1, 0.15) is 38.9 Å². The first-order valence-corrected chi connectivity index (χ1v) is 7.14. The van der Waals surface area contributed by atoms with Crippen molar-refractivity contribution in [1.82, 2.24) is 20.1 Å². The molecule has 2 aliphatic rings. The lowest BCUT2D eigenvalue weighted by Gasteiger charge is -2.31. The van der Waals surface area contributed by atoms with Gasteiger partial charge in [0.05, 0.1) is 0 Å². The van der Waals surface area contributed by atoms with Gasteiger partial charge in [-0.25, -0.2) is 4.98 Å². The predicted octanol–water partition coefficient (Wildman–Crippen LogP) is 1.77. The van der Waals surface area contributed by atoms with E-state index < -0.39 is 0 Å². The van der Waals surface area contributed by atoms with Gasteiger partial charge < -0.3 is 5.32 Å². The Bertz CT molecular complexity index is 413. The third-order valence-electron chi connectivity index (χ3n) is 4.68. The second kappa shape index (κ2) is 4.34. The van der Waals surface area contributed by atoms with Crippen LogP contribution < -0.4 is 5.32 Å². The van der Waals surface area contributed by atoms with Crippen LogP contribution in [0.15, 0.2) is 6.33 Å². The minimum absolute atomic E-state index is 0.429. The summed E-state index contributed by atoms with van der Waals surface area (Å²) in [6, 6.07) is 0.568. The summed E-state index contributed by atoms with van der Waals surface area (Å²) in [5.41, 5.74) is 0.429. The van der Waals surface area contributed by atoms with Gasteiger partial charge >= 0.3 is 0 Å². The Kier molecular flexibility index (Phi) is 2.93. The van der Waals surface area contributed by atoms with E-state index in [9.17, 15) is 0 Å². The lowest BCUT2D eigenvalue weighted by molar-refractivity contribution is 0.234. The zero-order chi connectivity index (χ0) is 12.8. The van der Waals surface area contributed by atoms with Crippen molar-refractivity contribution in [3.63, 3.8) is 0 Å². The summed E-state index contributed by atoms with van der Waals surface area (Å²) >= 11 is 0. The van der Waals surface area contributed by atoms with E-state index in [0.717, 1.165) is 30.6 Å². The van der Waals surface area contributed by atoms with Crippen LogP contribution in [0, 0.1) is 17.3 Å². The molecule has 0 saturated heterocycles. The molecule has 0 aliphatic heterocycles. The average Bonchev–Trinajstić information content (AvgIpc) is 2.74. The van der Waals surface area contributed by atoms with Gasteiger partial charge in [-0.1, -0.05) is 13.8 Å². The van der Waals surface area contributed by atoms with Crippen molar-refractivity contribution in [2.45, 2.75) is 45.6 Å². The first-order chi connectivity index (χ1) is 8.58. The second-order valence-corrected chi connectivity index (χ2v) is 6.68. The van der Waals surface area contributed by atoms with Crippen molar-refractivity contribution in [3.8, 4) is 0 Å². The van der Waals surface area contributed by atoms with E-state index in [-0.39, 0.29) is 0 Å². The van der Waals surface area contributed by atoms with Crippen LogP contribution >= 0.6 is 0 Å². The minimum Gasteiger partial charge on any atom is -0.314 e. The van der Waals surface area contributed by atoms with E-state index in [1.54, 1.807) is 6.33 Å². The maximum atomic E-state index is 4.42. The van der Waals surface area contributed by atoms with E-state index >= 15 is 0 Å². The molecule has 18 heavy (non-hydrogen) atoms. The standard InChI is InChI=1S/C14H24N4/c1-10(2)15-8-14(5-11-4-12(11)6-14)7-13-16-9-17-18(13)3/h9-12,15H,4-8H2,1-3H3. The van der Waals surface area contributed by atoms with Crippen molar-refractivity contribution in [1.29, 1.82) is 0 Å². The lowest BCUT2D eigenvalue weighted by Crippen LogP contribution is -2.38. The summed E-state index contributed by atoms with van der Waals surface area (Å²) < 4.78 is 1.93. The summed E-state index contributed by atoms with van der Waals surface area (Å²) in [5.74, 6) is 3.15. The second-order valence-electron chi connectivity index (χ2n) is 6.68. The van der Waals surface area contributed by atoms with E-state index in [1.165, 1.54) is 19.3 Å². The minimum atomic E-state index is 0.429. The molecule has 0 bridgehead atoms. The van der Waals surface area contributed by atoms with Gasteiger partial charge in [-0.2, -0.15) is 5.10 Å². The molecule has 0 aromatic carbocycles. The first-order valence-electron chi connectivity index (χ1n) is 7.14. The number of nitrogens with one attached hydrogen (secondary N) is 1. The van der Waals surface area contributed by atoms with Crippen LogP contribution in [-0.2, 0) is 13.5 Å². The molecule has 0 spiro atoms. The molecule has 100 valence electrons. The van der Waals surface area contributed by atoms with Gasteiger partial charge in [-0.3, -0.25) is 4.68 Å². The van der Waals surface area contributed by atoms with Crippen molar-refractivity contribution in [3.05, 3.63) is 12.2 Å². The predicted molar refractivity (Wildman–Crippen MR) is 71.1 cm³/mol. The Balaban J connectivity index is 1.71. The number of rotatable bonds is 5. The average molecular weight is 248 g/mol. The molecule has 1 aromatic heterocycles. The topological polar surface area (TPSA) is 42.7 Å². The lowest BCUT2D eigenvalue weighted by atomic mass is 9.79. The maximum Gasteiger partial charge on any atom is 0.138 e. The van der Waals surface area contributed by atoms with Crippen molar-refractivity contribution in [2.75, 3.05) is 6.54 Å². The van der Waals surface area contributed by atoms with Crippen LogP contribution in [-0.4, -0.2) is 27.4 Å². The fourth-order valence-corrected chi connectivity index (χ4v) is 3.59. The van der Waals surface area contributed by atoms with Gasteiger partial charge in [0.2, 0.25) is 0 Å². The van der Waals surface area contributed by atoms with Gasteiger partial charge in [0.15, 0.2) is 0 Å². The molecule has 1 N–H and O–H groups in total. The van der Waals surface area contributed by atoms with E-state index in [1.807, 2.05) is 11.7 Å². The van der Waals surface area contributed by atoms with Gasteiger partial charge in [0.25, 0.3) is 0 Å². The van der Waals surface area contributed by atoms with Crippen LogP contribution in [0.25, 0.3) is 0 Å². The monoisotopic (exact) mass is 248 g/mol. The zero-order valence-electron chi connectivity index (χ0n) is 11.7. The Morgan fingerprint density at radius 3 is 2.72 bits per heavy atom. The number of aromatic nitrogens is 3. The highest BCUT2D eigenvalue weighted by atomic mass is 15.3. The van der Waals surface area contributed by atoms with Crippen LogP contribution in [0.3, 0.4) is 0 Å². The summed E-state index contributed by atoms with van der Waals surface area (Å²) in [6.45, 7) is 5.59. The number of hydrogen-bond donors (Lipinski definition) is 1. The Morgan fingerprint density at radius 2 is 2.17 bits per heavy atom. The van der Waals surface area contributed by atoms with Crippen LogP contribution in [0.5, 0.6) is 0 Å². The largest absolute Gasteiger partial charge is 0.314 e. The van der Waals surface area contributed by atoms with Crippen LogP contribution in [0.4, 0.5) is 0 Å².